The van der Waals surface area contributed by atoms with Gasteiger partial charge in [-0.05, 0) is 29.5 Å². The molecule has 2 aromatic rings. The molecule has 1 saturated heterocycles. The molecule has 3 rings (SSSR count). The molecule has 0 bridgehead atoms. The van der Waals surface area contributed by atoms with Crippen LogP contribution in [0.2, 0.25) is 0 Å². The van der Waals surface area contributed by atoms with Crippen molar-refractivity contribution in [1.29, 1.82) is 0 Å². The van der Waals surface area contributed by atoms with E-state index < -0.39 is 0 Å². The van der Waals surface area contributed by atoms with Crippen molar-refractivity contribution in [3.05, 3.63) is 35.9 Å². The summed E-state index contributed by atoms with van der Waals surface area (Å²) in [7, 11) is 1.63. The molecular formula is C16H22FN5O3. The van der Waals surface area contributed by atoms with E-state index in [0.29, 0.717) is 44.5 Å². The minimum absolute atomic E-state index is 0.198. The number of rotatable bonds is 8. The van der Waals surface area contributed by atoms with Gasteiger partial charge in [-0.15, -0.1) is 10.2 Å². The average molecular weight is 351 g/mol. The number of methoxy groups -OCH3 is 1. The summed E-state index contributed by atoms with van der Waals surface area (Å²) >= 11 is 0. The van der Waals surface area contributed by atoms with Crippen LogP contribution in [0.25, 0.3) is 0 Å². The van der Waals surface area contributed by atoms with Crippen LogP contribution in [0.3, 0.4) is 0 Å². The van der Waals surface area contributed by atoms with Crippen molar-refractivity contribution in [3.63, 3.8) is 0 Å². The van der Waals surface area contributed by atoms with E-state index in [4.69, 9.17) is 14.2 Å². The molecule has 0 spiro atoms. The molecule has 136 valence electrons. The second-order valence-electron chi connectivity index (χ2n) is 5.70. The molecule has 1 fully saturated rings. The summed E-state index contributed by atoms with van der Waals surface area (Å²) in [5.41, 5.74) is 0. The second-order valence-corrected chi connectivity index (χ2v) is 5.70. The fourth-order valence-corrected chi connectivity index (χ4v) is 2.54. The molecule has 0 radical (unpaired) electrons. The fourth-order valence-electron chi connectivity index (χ4n) is 2.54. The number of ether oxygens (including phenoxy) is 3. The lowest BCUT2D eigenvalue weighted by atomic mass is 10.2. The monoisotopic (exact) mass is 351 g/mol. The van der Waals surface area contributed by atoms with Crippen molar-refractivity contribution in [1.82, 2.24) is 25.1 Å². The topological polar surface area (TPSA) is 74.5 Å². The number of tetrazole rings is 1. The van der Waals surface area contributed by atoms with Crippen LogP contribution in [0, 0.1) is 5.82 Å². The maximum absolute atomic E-state index is 12.9. The molecule has 1 aromatic carbocycles. The summed E-state index contributed by atoms with van der Waals surface area (Å²) in [6.45, 7) is 4.47. The number of hydrogen-bond donors (Lipinski definition) is 0. The minimum Gasteiger partial charge on any atom is -0.492 e. The molecule has 1 atom stereocenters. The maximum atomic E-state index is 12.9. The van der Waals surface area contributed by atoms with Crippen molar-refractivity contribution >= 4 is 0 Å². The van der Waals surface area contributed by atoms with E-state index in [1.165, 1.54) is 16.9 Å². The van der Waals surface area contributed by atoms with Gasteiger partial charge in [-0.3, -0.25) is 4.90 Å². The van der Waals surface area contributed by atoms with Crippen LogP contribution in [0.1, 0.15) is 11.9 Å². The van der Waals surface area contributed by atoms with Crippen molar-refractivity contribution in [2.24, 2.45) is 0 Å². The van der Waals surface area contributed by atoms with Crippen LogP contribution >= 0.6 is 0 Å². The first kappa shape index (κ1) is 17.7. The van der Waals surface area contributed by atoms with Gasteiger partial charge in [0.05, 0.1) is 19.8 Å². The molecule has 1 unspecified atom stereocenters. The van der Waals surface area contributed by atoms with Gasteiger partial charge in [0.2, 0.25) is 5.82 Å². The molecule has 1 aromatic heterocycles. The fraction of sp³-hybridized carbons (Fsp3) is 0.562. The van der Waals surface area contributed by atoms with E-state index in [-0.39, 0.29) is 11.9 Å². The highest BCUT2D eigenvalue weighted by atomic mass is 19.1. The third-order valence-electron chi connectivity index (χ3n) is 3.89. The predicted octanol–water partition coefficient (Wildman–Crippen LogP) is 0.911. The van der Waals surface area contributed by atoms with E-state index in [1.54, 1.807) is 19.2 Å². The van der Waals surface area contributed by atoms with Crippen molar-refractivity contribution in [3.8, 4) is 5.75 Å². The van der Waals surface area contributed by atoms with Gasteiger partial charge in [0.15, 0.2) is 0 Å². The molecule has 0 N–H and O–H groups in total. The zero-order valence-corrected chi connectivity index (χ0v) is 14.2. The largest absolute Gasteiger partial charge is 0.492 e. The summed E-state index contributed by atoms with van der Waals surface area (Å²) in [6.07, 6.45) is -0.198. The first-order valence-electron chi connectivity index (χ1n) is 8.23. The van der Waals surface area contributed by atoms with Gasteiger partial charge in [0, 0.05) is 26.7 Å². The Hall–Kier alpha value is -2.10. The number of hydrogen-bond acceptors (Lipinski definition) is 7. The summed E-state index contributed by atoms with van der Waals surface area (Å²) in [6, 6.07) is 6.02. The lowest BCUT2D eigenvalue weighted by molar-refractivity contribution is -0.0373. The highest BCUT2D eigenvalue weighted by molar-refractivity contribution is 5.21. The summed E-state index contributed by atoms with van der Waals surface area (Å²) < 4.78 is 29.3. The van der Waals surface area contributed by atoms with E-state index in [9.17, 15) is 4.39 Å². The smallest absolute Gasteiger partial charge is 0.204 e. The number of benzene rings is 1. The van der Waals surface area contributed by atoms with Gasteiger partial charge in [0.1, 0.15) is 24.3 Å². The molecule has 1 aliphatic heterocycles. The molecule has 0 aliphatic carbocycles. The lowest BCUT2D eigenvalue weighted by Gasteiger charge is -2.31. The Balaban J connectivity index is 1.46. The minimum atomic E-state index is -0.269. The quantitative estimate of drug-likeness (QED) is 0.700. The van der Waals surface area contributed by atoms with E-state index in [2.05, 4.69) is 20.3 Å². The van der Waals surface area contributed by atoms with E-state index in [0.717, 1.165) is 13.1 Å². The van der Waals surface area contributed by atoms with Crippen LogP contribution in [0.5, 0.6) is 5.75 Å². The van der Waals surface area contributed by atoms with Gasteiger partial charge in [-0.25, -0.2) is 4.39 Å². The summed E-state index contributed by atoms with van der Waals surface area (Å²) in [4.78, 5) is 3.74. The molecule has 25 heavy (non-hydrogen) atoms. The van der Waals surface area contributed by atoms with Crippen molar-refractivity contribution < 1.29 is 18.6 Å². The van der Waals surface area contributed by atoms with Crippen molar-refractivity contribution in [2.45, 2.75) is 12.6 Å². The molecular weight excluding hydrogens is 329 g/mol. The number of halogens is 1. The summed E-state index contributed by atoms with van der Waals surface area (Å²) in [5.74, 6) is 0.976. The third kappa shape index (κ3) is 5.18. The highest BCUT2D eigenvalue weighted by Gasteiger charge is 2.25. The normalized spacial score (nSPS) is 18.4. The Kier molecular flexibility index (Phi) is 6.26. The zero-order chi connectivity index (χ0) is 17.5. The van der Waals surface area contributed by atoms with Crippen LogP contribution in [-0.4, -0.2) is 71.7 Å². The maximum Gasteiger partial charge on any atom is 0.204 e. The Bertz CT molecular complexity index is 651. The zero-order valence-electron chi connectivity index (χ0n) is 14.2. The van der Waals surface area contributed by atoms with Gasteiger partial charge in [-0.1, -0.05) is 0 Å². The van der Waals surface area contributed by atoms with E-state index in [1.807, 2.05) is 0 Å². The number of morpholine rings is 1. The van der Waals surface area contributed by atoms with Crippen LogP contribution in [-0.2, 0) is 16.0 Å². The molecule has 0 amide bonds. The van der Waals surface area contributed by atoms with Crippen molar-refractivity contribution in [2.75, 3.05) is 46.6 Å². The molecule has 1 aliphatic rings. The second kappa shape index (κ2) is 8.84. The van der Waals surface area contributed by atoms with E-state index >= 15 is 0 Å². The standard InChI is InChI=1S/C16H22FN5O3/c1-23-9-8-22-19-16(18-20-22)15-12-21(7-11-25-15)6-10-24-14-4-2-13(17)3-5-14/h2-5,15H,6-12H2,1H3. The summed E-state index contributed by atoms with van der Waals surface area (Å²) in [5, 5.41) is 12.4. The lowest BCUT2D eigenvalue weighted by Crippen LogP contribution is -2.40. The predicted molar refractivity (Wildman–Crippen MR) is 86.7 cm³/mol. The highest BCUT2D eigenvalue weighted by Crippen LogP contribution is 2.18. The average Bonchev–Trinajstić information content (AvgIpc) is 3.11. The van der Waals surface area contributed by atoms with Gasteiger partial charge < -0.3 is 14.2 Å². The van der Waals surface area contributed by atoms with Gasteiger partial charge >= 0.3 is 0 Å². The molecule has 0 saturated carbocycles. The van der Waals surface area contributed by atoms with Gasteiger partial charge in [-0.2, -0.15) is 4.80 Å². The Morgan fingerprint density at radius 1 is 1.24 bits per heavy atom. The SMILES string of the molecule is COCCn1nnc(C2CN(CCOc3ccc(F)cc3)CCO2)n1. The molecule has 8 nitrogen and oxygen atoms in total. The van der Waals surface area contributed by atoms with Crippen LogP contribution < -0.4 is 4.74 Å². The third-order valence-corrected chi connectivity index (χ3v) is 3.89. The number of nitrogens with zero attached hydrogens (tertiary/aromatic N) is 5. The Morgan fingerprint density at radius 2 is 2.08 bits per heavy atom. The Labute approximate surface area is 145 Å². The Morgan fingerprint density at radius 3 is 2.88 bits per heavy atom. The molecule has 9 heteroatoms. The van der Waals surface area contributed by atoms with Crippen LogP contribution in [0.15, 0.2) is 24.3 Å². The van der Waals surface area contributed by atoms with Gasteiger partial charge in [0.25, 0.3) is 0 Å². The number of aromatic nitrogens is 4. The molecule has 2 heterocycles. The first-order chi connectivity index (χ1) is 12.2. The van der Waals surface area contributed by atoms with Crippen LogP contribution in [0.4, 0.5) is 4.39 Å². The first-order valence-corrected chi connectivity index (χ1v) is 8.23.